The predicted molar refractivity (Wildman–Crippen MR) is 74.6 cm³/mol. The lowest BCUT2D eigenvalue weighted by Crippen LogP contribution is -2.43. The standard InChI is InChI=1S/C14H19N.C2H6/c1-10-4-3-5-11-8-13-9-12(14(10)11)6-7-15(13)2;1-2/h3-5,12-13H,6-9H2,1-2H3;1-2H3. The summed E-state index contributed by atoms with van der Waals surface area (Å²) in [5.41, 5.74) is 4.81. The minimum absolute atomic E-state index is 0.804. The van der Waals surface area contributed by atoms with E-state index in [1.165, 1.54) is 31.4 Å². The molecule has 1 nitrogen and oxygen atoms in total. The summed E-state index contributed by atoms with van der Waals surface area (Å²) in [4.78, 5) is 2.54. The van der Waals surface area contributed by atoms with Crippen LogP contribution in [-0.4, -0.2) is 24.5 Å². The van der Waals surface area contributed by atoms with Crippen LogP contribution < -0.4 is 0 Å². The molecular formula is C16H25N. The molecule has 1 aliphatic heterocycles. The summed E-state index contributed by atoms with van der Waals surface area (Å²) in [6.07, 6.45) is 4.00. The van der Waals surface area contributed by atoms with E-state index in [1.807, 2.05) is 13.8 Å². The number of benzene rings is 1. The lowest BCUT2D eigenvalue weighted by Gasteiger charge is -2.42. The summed E-state index contributed by atoms with van der Waals surface area (Å²) in [6.45, 7) is 7.56. The van der Waals surface area contributed by atoms with Crippen molar-refractivity contribution >= 4 is 0 Å². The first-order valence-electron chi connectivity index (χ1n) is 7.04. The van der Waals surface area contributed by atoms with Gasteiger partial charge in [-0.2, -0.15) is 0 Å². The Balaban J connectivity index is 0.000000514. The molecule has 2 aliphatic rings. The molecule has 0 aromatic heterocycles. The third kappa shape index (κ3) is 2.26. The number of hydrogen-bond acceptors (Lipinski definition) is 1. The van der Waals surface area contributed by atoms with E-state index in [-0.39, 0.29) is 0 Å². The van der Waals surface area contributed by atoms with Crippen molar-refractivity contribution < 1.29 is 0 Å². The molecule has 2 atom stereocenters. The lowest BCUT2D eigenvalue weighted by atomic mass is 9.74. The van der Waals surface area contributed by atoms with Crippen molar-refractivity contribution in [1.29, 1.82) is 0 Å². The van der Waals surface area contributed by atoms with E-state index in [9.17, 15) is 0 Å². The van der Waals surface area contributed by atoms with Gasteiger partial charge < -0.3 is 4.90 Å². The molecule has 1 aromatic rings. The molecule has 2 unspecified atom stereocenters. The topological polar surface area (TPSA) is 3.24 Å². The predicted octanol–water partition coefficient (Wildman–Crippen LogP) is 3.76. The maximum atomic E-state index is 2.54. The van der Waals surface area contributed by atoms with Gasteiger partial charge in [0.25, 0.3) is 0 Å². The second kappa shape index (κ2) is 5.22. The van der Waals surface area contributed by atoms with Crippen molar-refractivity contribution in [3.05, 3.63) is 34.9 Å². The van der Waals surface area contributed by atoms with E-state index in [4.69, 9.17) is 0 Å². The van der Waals surface area contributed by atoms with Crippen molar-refractivity contribution in [1.82, 2.24) is 4.90 Å². The molecule has 1 aromatic carbocycles. The minimum atomic E-state index is 0.804. The zero-order valence-corrected chi connectivity index (χ0v) is 11.7. The smallest absolute Gasteiger partial charge is 0.0139 e. The number of aryl methyl sites for hydroxylation is 1. The number of fused-ring (bicyclic) bond motifs is 4. The molecule has 1 heteroatoms. The van der Waals surface area contributed by atoms with Gasteiger partial charge in [0.05, 0.1) is 0 Å². The summed E-state index contributed by atoms with van der Waals surface area (Å²) >= 11 is 0. The number of likely N-dealkylation sites (tertiary alicyclic amines) is 1. The number of hydrogen-bond donors (Lipinski definition) is 0. The highest BCUT2D eigenvalue weighted by Crippen LogP contribution is 2.40. The molecule has 1 fully saturated rings. The first-order valence-corrected chi connectivity index (χ1v) is 7.04. The first-order chi connectivity index (χ1) is 8.25. The fraction of sp³-hybridized carbons (Fsp3) is 0.625. The molecule has 0 radical (unpaired) electrons. The molecule has 94 valence electrons. The highest BCUT2D eigenvalue weighted by molar-refractivity contribution is 5.40. The zero-order valence-electron chi connectivity index (χ0n) is 11.7. The van der Waals surface area contributed by atoms with Crippen molar-refractivity contribution in [3.8, 4) is 0 Å². The van der Waals surface area contributed by atoms with Crippen LogP contribution in [-0.2, 0) is 6.42 Å². The number of rotatable bonds is 0. The first kappa shape index (κ1) is 12.6. The Kier molecular flexibility index (Phi) is 3.88. The zero-order chi connectivity index (χ0) is 12.4. The summed E-state index contributed by atoms with van der Waals surface area (Å²) in [7, 11) is 2.28. The van der Waals surface area contributed by atoms with Crippen molar-refractivity contribution in [2.45, 2.75) is 52.0 Å². The van der Waals surface area contributed by atoms with Crippen LogP contribution in [0.25, 0.3) is 0 Å². The Bertz CT molecular complexity index is 383. The minimum Gasteiger partial charge on any atom is -0.303 e. The number of likely N-dealkylation sites (N-methyl/N-ethyl adjacent to an activating group) is 1. The molecule has 0 N–H and O–H groups in total. The van der Waals surface area contributed by atoms with Gasteiger partial charge in [-0.3, -0.25) is 0 Å². The van der Waals surface area contributed by atoms with E-state index in [1.54, 1.807) is 11.1 Å². The van der Waals surface area contributed by atoms with Gasteiger partial charge in [0.2, 0.25) is 0 Å². The third-order valence-corrected chi connectivity index (χ3v) is 4.29. The fourth-order valence-corrected chi connectivity index (χ4v) is 3.43. The Labute approximate surface area is 106 Å². The quantitative estimate of drug-likeness (QED) is 0.657. The van der Waals surface area contributed by atoms with Crippen molar-refractivity contribution in [2.75, 3.05) is 13.6 Å². The van der Waals surface area contributed by atoms with Crippen LogP contribution in [0.3, 0.4) is 0 Å². The van der Waals surface area contributed by atoms with Crippen LogP contribution in [0.4, 0.5) is 0 Å². The molecule has 0 amide bonds. The normalized spacial score (nSPS) is 26.8. The largest absolute Gasteiger partial charge is 0.303 e. The van der Waals surface area contributed by atoms with E-state index in [2.05, 4.69) is 37.1 Å². The molecule has 1 heterocycles. The van der Waals surface area contributed by atoms with E-state index in [0.29, 0.717) is 0 Å². The third-order valence-electron chi connectivity index (χ3n) is 4.29. The Hall–Kier alpha value is -0.820. The average Bonchev–Trinajstić information content (AvgIpc) is 2.36. The van der Waals surface area contributed by atoms with Crippen LogP contribution in [0.1, 0.15) is 49.3 Å². The molecule has 3 rings (SSSR count). The van der Waals surface area contributed by atoms with Crippen LogP contribution in [0.2, 0.25) is 0 Å². The van der Waals surface area contributed by atoms with E-state index >= 15 is 0 Å². The number of nitrogens with zero attached hydrogens (tertiary/aromatic N) is 1. The molecular weight excluding hydrogens is 206 g/mol. The Morgan fingerprint density at radius 1 is 1.24 bits per heavy atom. The Morgan fingerprint density at radius 3 is 2.76 bits per heavy atom. The summed E-state index contributed by atoms with van der Waals surface area (Å²) in [6, 6.07) is 7.63. The van der Waals surface area contributed by atoms with Gasteiger partial charge in [-0.25, -0.2) is 0 Å². The molecule has 2 bridgehead atoms. The highest BCUT2D eigenvalue weighted by Gasteiger charge is 2.33. The van der Waals surface area contributed by atoms with Gasteiger partial charge in [0.1, 0.15) is 0 Å². The maximum absolute atomic E-state index is 2.54. The fourth-order valence-electron chi connectivity index (χ4n) is 3.43. The number of piperidine rings is 1. The van der Waals surface area contributed by atoms with Crippen molar-refractivity contribution in [3.63, 3.8) is 0 Å². The average molecular weight is 231 g/mol. The highest BCUT2D eigenvalue weighted by atomic mass is 15.1. The summed E-state index contributed by atoms with van der Waals surface area (Å²) < 4.78 is 0. The van der Waals surface area contributed by atoms with E-state index in [0.717, 1.165) is 12.0 Å². The van der Waals surface area contributed by atoms with Gasteiger partial charge in [-0.05, 0) is 62.4 Å². The maximum Gasteiger partial charge on any atom is 0.0139 e. The SMILES string of the molecule is CC.Cc1cccc2c1C1CCN(C)C(C2)C1. The van der Waals surface area contributed by atoms with Gasteiger partial charge in [0.15, 0.2) is 0 Å². The molecule has 1 aliphatic carbocycles. The van der Waals surface area contributed by atoms with Gasteiger partial charge in [0, 0.05) is 6.04 Å². The van der Waals surface area contributed by atoms with E-state index < -0.39 is 0 Å². The molecule has 0 saturated carbocycles. The molecule has 17 heavy (non-hydrogen) atoms. The van der Waals surface area contributed by atoms with Gasteiger partial charge in [-0.15, -0.1) is 0 Å². The monoisotopic (exact) mass is 231 g/mol. The van der Waals surface area contributed by atoms with Crippen LogP contribution in [0.5, 0.6) is 0 Å². The molecule has 1 saturated heterocycles. The van der Waals surface area contributed by atoms with Crippen LogP contribution in [0.15, 0.2) is 18.2 Å². The second-order valence-corrected chi connectivity index (χ2v) is 5.21. The summed E-state index contributed by atoms with van der Waals surface area (Å²) in [5, 5.41) is 0. The second-order valence-electron chi connectivity index (χ2n) is 5.21. The van der Waals surface area contributed by atoms with Gasteiger partial charge >= 0.3 is 0 Å². The molecule has 0 spiro atoms. The summed E-state index contributed by atoms with van der Waals surface area (Å²) in [5.74, 6) is 0.844. The van der Waals surface area contributed by atoms with Crippen LogP contribution in [0, 0.1) is 6.92 Å². The lowest BCUT2D eigenvalue weighted by molar-refractivity contribution is 0.157. The van der Waals surface area contributed by atoms with Crippen molar-refractivity contribution in [2.24, 2.45) is 0 Å². The van der Waals surface area contributed by atoms with Gasteiger partial charge in [-0.1, -0.05) is 32.0 Å². The van der Waals surface area contributed by atoms with Crippen LogP contribution >= 0.6 is 0 Å². The Morgan fingerprint density at radius 2 is 2.00 bits per heavy atom.